The van der Waals surface area contributed by atoms with Crippen molar-refractivity contribution in [1.29, 1.82) is 10.5 Å². The SMILES string of the molecule is Cc1ccccc1-c1ccc2c3ccccc3n(-c3cc(-c4ccc(C#N)cc4C(F)(F)F)c(-n4c5ccccc5c5ccc(-c6ccccc6C)cc54)cc3C#N)c2c1. The second-order valence-corrected chi connectivity index (χ2v) is 15.2. The van der Waals surface area contributed by atoms with Crippen molar-refractivity contribution in [2.45, 2.75) is 20.0 Å². The highest BCUT2D eigenvalue weighted by molar-refractivity contribution is 6.12. The molecule has 0 aliphatic heterocycles. The molecule has 0 fully saturated rings. The first-order valence-electron chi connectivity index (χ1n) is 19.5. The number of alkyl halides is 3. The zero-order valence-electron chi connectivity index (χ0n) is 32.5. The molecule has 2 aromatic heterocycles. The Morgan fingerprint density at radius 1 is 0.433 bits per heavy atom. The number of aryl methyl sites for hydroxylation is 2. The first-order chi connectivity index (χ1) is 29.1. The van der Waals surface area contributed by atoms with Gasteiger partial charge in [0.15, 0.2) is 0 Å². The van der Waals surface area contributed by atoms with E-state index in [2.05, 4.69) is 67.6 Å². The van der Waals surface area contributed by atoms with Crippen molar-refractivity contribution in [3.05, 3.63) is 192 Å². The van der Waals surface area contributed by atoms with E-state index in [9.17, 15) is 10.5 Å². The van der Waals surface area contributed by atoms with Crippen molar-refractivity contribution in [1.82, 2.24) is 9.13 Å². The van der Waals surface area contributed by atoms with Crippen LogP contribution in [0, 0.1) is 36.5 Å². The van der Waals surface area contributed by atoms with Crippen molar-refractivity contribution in [2.75, 3.05) is 0 Å². The van der Waals surface area contributed by atoms with Crippen molar-refractivity contribution >= 4 is 43.6 Å². The smallest absolute Gasteiger partial charge is 0.309 e. The van der Waals surface area contributed by atoms with Crippen LogP contribution in [0.15, 0.2) is 164 Å². The van der Waals surface area contributed by atoms with E-state index in [-0.39, 0.29) is 22.3 Å². The molecule has 0 atom stereocenters. The summed E-state index contributed by atoms with van der Waals surface area (Å²) in [5.74, 6) is 0. The Balaban J connectivity index is 1.35. The summed E-state index contributed by atoms with van der Waals surface area (Å²) in [6.45, 7) is 4.11. The van der Waals surface area contributed by atoms with Gasteiger partial charge in [-0.2, -0.15) is 23.7 Å². The molecule has 60 heavy (non-hydrogen) atoms. The number of aromatic nitrogens is 2. The molecule has 2 heterocycles. The number of halogens is 3. The predicted molar refractivity (Wildman–Crippen MR) is 235 cm³/mol. The van der Waals surface area contributed by atoms with Crippen LogP contribution < -0.4 is 0 Å². The Morgan fingerprint density at radius 3 is 1.45 bits per heavy atom. The first-order valence-corrected chi connectivity index (χ1v) is 19.5. The maximum atomic E-state index is 15.3. The van der Waals surface area contributed by atoms with Crippen molar-refractivity contribution in [3.8, 4) is 56.9 Å². The summed E-state index contributed by atoms with van der Waals surface area (Å²) in [5, 5.41) is 24.6. The van der Waals surface area contributed by atoms with Gasteiger partial charge >= 0.3 is 6.18 Å². The van der Waals surface area contributed by atoms with Crippen LogP contribution in [0.2, 0.25) is 0 Å². The van der Waals surface area contributed by atoms with E-state index in [0.717, 1.165) is 83.1 Å². The van der Waals surface area contributed by atoms with Crippen LogP contribution in [0.3, 0.4) is 0 Å². The highest BCUT2D eigenvalue weighted by atomic mass is 19.4. The lowest BCUT2D eigenvalue weighted by molar-refractivity contribution is -0.137. The number of rotatable bonds is 5. The van der Waals surface area contributed by atoms with Crippen LogP contribution in [-0.4, -0.2) is 9.13 Å². The summed E-state index contributed by atoms with van der Waals surface area (Å²) in [6, 6.07) is 55.9. The quantitative estimate of drug-likeness (QED) is 0.175. The molecule has 0 amide bonds. The summed E-state index contributed by atoms with van der Waals surface area (Å²) < 4.78 is 49.9. The summed E-state index contributed by atoms with van der Waals surface area (Å²) in [5.41, 5.74) is 9.57. The summed E-state index contributed by atoms with van der Waals surface area (Å²) >= 11 is 0. The van der Waals surface area contributed by atoms with Gasteiger partial charge in [-0.25, -0.2) is 0 Å². The predicted octanol–water partition coefficient (Wildman–Crippen LogP) is 14.3. The Morgan fingerprint density at radius 2 is 0.933 bits per heavy atom. The van der Waals surface area contributed by atoms with E-state index >= 15 is 13.2 Å². The molecule has 0 aliphatic rings. The van der Waals surface area contributed by atoms with Crippen LogP contribution in [-0.2, 0) is 6.18 Å². The van der Waals surface area contributed by atoms with Gasteiger partial charge in [-0.1, -0.05) is 115 Å². The van der Waals surface area contributed by atoms with Crippen LogP contribution in [0.5, 0.6) is 0 Å². The average Bonchev–Trinajstić information content (AvgIpc) is 3.77. The Kier molecular flexibility index (Phi) is 8.45. The van der Waals surface area contributed by atoms with E-state index in [0.29, 0.717) is 11.4 Å². The maximum Gasteiger partial charge on any atom is 0.417 e. The highest BCUT2D eigenvalue weighted by Crippen LogP contribution is 2.45. The number of hydrogen-bond acceptors (Lipinski definition) is 2. The third-order valence-corrected chi connectivity index (χ3v) is 11.7. The zero-order valence-corrected chi connectivity index (χ0v) is 32.5. The fourth-order valence-corrected chi connectivity index (χ4v) is 8.92. The van der Waals surface area contributed by atoms with Crippen LogP contribution in [0.25, 0.3) is 88.4 Å². The fourth-order valence-electron chi connectivity index (χ4n) is 8.92. The molecule has 0 saturated heterocycles. The minimum absolute atomic E-state index is 0.104. The lowest BCUT2D eigenvalue weighted by atomic mass is 9.93. The molecular formula is C53H33F3N4. The van der Waals surface area contributed by atoms with E-state index < -0.39 is 11.7 Å². The molecule has 10 rings (SSSR count). The standard InChI is InChI=1S/C53H33F3N4/c1-32-11-3-5-13-38(32)35-20-23-43-41-15-7-9-17-47(41)59(50(43)26-35)49-29-45(40-22-19-34(30-57)25-46(40)53(54,55)56)52(28-37(49)31-58)60-48-18-10-8-16-42(48)44-24-21-36(27-51(44)60)39-14-6-4-12-33(39)2/h3-29H,1-2H3. The van der Waals surface area contributed by atoms with E-state index in [1.54, 1.807) is 12.1 Å². The van der Waals surface area contributed by atoms with Crippen molar-refractivity contribution in [3.63, 3.8) is 0 Å². The Labute approximate surface area is 343 Å². The lowest BCUT2D eigenvalue weighted by Crippen LogP contribution is -2.10. The van der Waals surface area contributed by atoms with E-state index in [1.807, 2.05) is 101 Å². The van der Waals surface area contributed by atoms with Gasteiger partial charge in [0, 0.05) is 27.1 Å². The number of benzene rings is 8. The molecule has 286 valence electrons. The monoisotopic (exact) mass is 782 g/mol. The molecule has 0 bridgehead atoms. The maximum absolute atomic E-state index is 15.3. The van der Waals surface area contributed by atoms with Gasteiger partial charge in [0.1, 0.15) is 6.07 Å². The van der Waals surface area contributed by atoms with Crippen molar-refractivity contribution < 1.29 is 13.2 Å². The molecule has 0 saturated carbocycles. The third-order valence-electron chi connectivity index (χ3n) is 11.7. The van der Waals surface area contributed by atoms with Crippen LogP contribution >= 0.6 is 0 Å². The number of para-hydroxylation sites is 2. The van der Waals surface area contributed by atoms with Gasteiger partial charge in [-0.05, 0) is 101 Å². The third kappa shape index (κ3) is 5.74. The second-order valence-electron chi connectivity index (χ2n) is 15.2. The van der Waals surface area contributed by atoms with Gasteiger partial charge in [-0.15, -0.1) is 0 Å². The molecule has 10 aromatic rings. The highest BCUT2D eigenvalue weighted by Gasteiger charge is 2.35. The topological polar surface area (TPSA) is 57.4 Å². The number of nitrogens with zero attached hydrogens (tertiary/aromatic N) is 4. The van der Waals surface area contributed by atoms with Gasteiger partial charge in [0.2, 0.25) is 0 Å². The summed E-state index contributed by atoms with van der Waals surface area (Å²) in [7, 11) is 0. The summed E-state index contributed by atoms with van der Waals surface area (Å²) in [4.78, 5) is 0. The van der Waals surface area contributed by atoms with E-state index in [4.69, 9.17) is 0 Å². The molecule has 0 radical (unpaired) electrons. The zero-order chi connectivity index (χ0) is 41.3. The molecule has 0 N–H and O–H groups in total. The van der Waals surface area contributed by atoms with Crippen LogP contribution in [0.1, 0.15) is 27.8 Å². The fraction of sp³-hybridized carbons (Fsp3) is 0.0566. The van der Waals surface area contributed by atoms with Crippen molar-refractivity contribution in [2.24, 2.45) is 0 Å². The molecular weight excluding hydrogens is 750 g/mol. The second kappa shape index (κ2) is 13.9. The normalized spacial score (nSPS) is 11.7. The summed E-state index contributed by atoms with van der Waals surface area (Å²) in [6.07, 6.45) is -4.80. The molecule has 4 nitrogen and oxygen atoms in total. The number of nitriles is 2. The molecule has 0 spiro atoms. The minimum atomic E-state index is -4.80. The first kappa shape index (κ1) is 36.5. The Hall–Kier alpha value is -7.87. The van der Waals surface area contributed by atoms with E-state index in [1.165, 1.54) is 12.1 Å². The lowest BCUT2D eigenvalue weighted by Gasteiger charge is -2.21. The minimum Gasteiger partial charge on any atom is -0.309 e. The van der Waals surface area contributed by atoms with Crippen LogP contribution in [0.4, 0.5) is 13.2 Å². The molecule has 0 aliphatic carbocycles. The van der Waals surface area contributed by atoms with Gasteiger partial charge in [0.05, 0.1) is 56.2 Å². The van der Waals surface area contributed by atoms with Gasteiger partial charge < -0.3 is 9.13 Å². The molecule has 0 unspecified atom stereocenters. The van der Waals surface area contributed by atoms with Gasteiger partial charge in [0.25, 0.3) is 0 Å². The molecule has 7 heteroatoms. The molecule has 8 aromatic carbocycles. The Bertz CT molecular complexity index is 3480. The average molecular weight is 783 g/mol. The van der Waals surface area contributed by atoms with Gasteiger partial charge in [-0.3, -0.25) is 0 Å². The largest absolute Gasteiger partial charge is 0.417 e. The number of hydrogen-bond donors (Lipinski definition) is 0. The number of fused-ring (bicyclic) bond motifs is 6.